The van der Waals surface area contributed by atoms with Crippen LogP contribution in [0.15, 0.2) is 60.7 Å². The molecule has 4 N–H and O–H groups in total. The topological polar surface area (TPSA) is 138 Å². The van der Waals surface area contributed by atoms with E-state index in [2.05, 4.69) is 10.6 Å². The Labute approximate surface area is 234 Å². The van der Waals surface area contributed by atoms with Crippen LogP contribution in [0.5, 0.6) is 0 Å². The summed E-state index contributed by atoms with van der Waals surface area (Å²) in [4.78, 5) is 38.4. The van der Waals surface area contributed by atoms with Crippen LogP contribution in [0.1, 0.15) is 45.2 Å². The van der Waals surface area contributed by atoms with Gasteiger partial charge in [-0.25, -0.2) is 0 Å². The second-order valence-electron chi connectivity index (χ2n) is 11.1. The molecule has 10 nitrogen and oxygen atoms in total. The number of primary amides is 1. The van der Waals surface area contributed by atoms with E-state index in [1.54, 1.807) is 13.8 Å². The van der Waals surface area contributed by atoms with Crippen molar-refractivity contribution in [2.45, 2.75) is 89.6 Å². The van der Waals surface area contributed by atoms with E-state index in [0.29, 0.717) is 0 Å². The molecule has 6 atom stereocenters. The molecule has 2 heterocycles. The first kappa shape index (κ1) is 29.7. The summed E-state index contributed by atoms with van der Waals surface area (Å²) in [6.45, 7) is 7.50. The van der Waals surface area contributed by atoms with Crippen molar-refractivity contribution in [3.8, 4) is 0 Å². The first-order chi connectivity index (χ1) is 19.0. The van der Waals surface area contributed by atoms with Crippen LogP contribution in [0.25, 0.3) is 0 Å². The van der Waals surface area contributed by atoms with Gasteiger partial charge in [-0.3, -0.25) is 14.4 Å². The van der Waals surface area contributed by atoms with Crippen molar-refractivity contribution in [1.82, 2.24) is 10.6 Å². The third kappa shape index (κ3) is 7.66. The Hall–Kier alpha value is -3.31. The fourth-order valence-electron chi connectivity index (χ4n) is 5.06. The molecule has 2 aromatic carbocycles. The van der Waals surface area contributed by atoms with Gasteiger partial charge < -0.3 is 35.3 Å². The number of nitrogens with one attached hydrogen (secondary N) is 2. The van der Waals surface area contributed by atoms with Gasteiger partial charge in [0.15, 0.2) is 12.1 Å². The summed E-state index contributed by atoms with van der Waals surface area (Å²) in [6.07, 6.45) is -2.85. The molecule has 10 heteroatoms. The zero-order valence-corrected chi connectivity index (χ0v) is 23.4. The maximum Gasteiger partial charge on any atom is 0.243 e. The number of nitrogens with two attached hydrogens (primary N) is 1. The maximum atomic E-state index is 13.5. The number of benzene rings is 2. The lowest BCUT2D eigenvalue weighted by Gasteiger charge is -2.32. The molecular weight excluding hydrogens is 514 g/mol. The van der Waals surface area contributed by atoms with Gasteiger partial charge in [0.1, 0.15) is 24.4 Å². The number of rotatable bonds is 12. The molecule has 0 aromatic heterocycles. The lowest BCUT2D eigenvalue weighted by atomic mass is 9.97. The molecule has 216 valence electrons. The molecule has 2 aliphatic heterocycles. The lowest BCUT2D eigenvalue weighted by molar-refractivity contribution is -0.222. The molecule has 3 amide bonds. The van der Waals surface area contributed by atoms with Crippen molar-refractivity contribution >= 4 is 17.7 Å². The molecule has 40 heavy (non-hydrogen) atoms. The van der Waals surface area contributed by atoms with E-state index in [1.165, 1.54) is 0 Å². The SMILES string of the molecule is CC(C)[C@H](NC(=O)Cc1ccccc1)C(=O)N[C@H](CC(N)=O)[C@H]1O[C@@H]2OC(C)(C)O[C@@H]2[C@H]1OCc1ccccc1. The molecule has 0 aliphatic carbocycles. The van der Waals surface area contributed by atoms with Gasteiger partial charge in [0.05, 0.1) is 19.1 Å². The number of ether oxygens (including phenoxy) is 4. The van der Waals surface area contributed by atoms with Gasteiger partial charge in [0, 0.05) is 6.42 Å². The third-order valence-corrected chi connectivity index (χ3v) is 6.93. The Balaban J connectivity index is 1.50. The number of hydrogen-bond donors (Lipinski definition) is 3. The summed E-state index contributed by atoms with van der Waals surface area (Å²) in [5.41, 5.74) is 7.37. The van der Waals surface area contributed by atoms with E-state index < -0.39 is 54.3 Å². The number of hydrogen-bond acceptors (Lipinski definition) is 7. The van der Waals surface area contributed by atoms with Crippen molar-refractivity contribution in [2.75, 3.05) is 0 Å². The second kappa shape index (κ2) is 12.9. The van der Waals surface area contributed by atoms with Gasteiger partial charge in [-0.1, -0.05) is 74.5 Å². The van der Waals surface area contributed by atoms with Gasteiger partial charge in [0.2, 0.25) is 17.7 Å². The van der Waals surface area contributed by atoms with Crippen molar-refractivity contribution in [2.24, 2.45) is 11.7 Å². The smallest absolute Gasteiger partial charge is 0.243 e. The summed E-state index contributed by atoms with van der Waals surface area (Å²) in [5.74, 6) is -2.47. The van der Waals surface area contributed by atoms with Crippen LogP contribution in [0, 0.1) is 5.92 Å². The quantitative estimate of drug-likeness (QED) is 0.366. The number of carbonyl (C=O) groups excluding carboxylic acids is 3. The van der Waals surface area contributed by atoms with Crippen LogP contribution in [-0.2, 0) is 46.4 Å². The van der Waals surface area contributed by atoms with E-state index in [0.717, 1.165) is 11.1 Å². The molecule has 0 spiro atoms. The summed E-state index contributed by atoms with van der Waals surface area (Å²) < 4.78 is 24.5. The van der Waals surface area contributed by atoms with Crippen LogP contribution < -0.4 is 16.4 Å². The molecule has 2 fully saturated rings. The van der Waals surface area contributed by atoms with E-state index in [-0.39, 0.29) is 31.3 Å². The second-order valence-corrected chi connectivity index (χ2v) is 11.1. The molecule has 0 saturated carbocycles. The molecule has 0 radical (unpaired) electrons. The molecule has 2 saturated heterocycles. The largest absolute Gasteiger partial charge is 0.370 e. The molecule has 0 bridgehead atoms. The highest BCUT2D eigenvalue weighted by molar-refractivity contribution is 5.89. The first-order valence-electron chi connectivity index (χ1n) is 13.6. The van der Waals surface area contributed by atoms with Crippen LogP contribution in [0.4, 0.5) is 0 Å². The Morgan fingerprint density at radius 3 is 2.17 bits per heavy atom. The molecule has 4 rings (SSSR count). The number of carbonyl (C=O) groups is 3. The van der Waals surface area contributed by atoms with Gasteiger partial charge >= 0.3 is 0 Å². The Bertz CT molecular complexity index is 1160. The fourth-order valence-corrected chi connectivity index (χ4v) is 5.06. The highest BCUT2D eigenvalue weighted by Crippen LogP contribution is 2.40. The minimum atomic E-state index is -0.886. The summed E-state index contributed by atoms with van der Waals surface area (Å²) >= 11 is 0. The van der Waals surface area contributed by atoms with Gasteiger partial charge in [-0.05, 0) is 30.9 Å². The predicted octanol–water partition coefficient (Wildman–Crippen LogP) is 2.19. The van der Waals surface area contributed by atoms with E-state index in [4.69, 9.17) is 24.7 Å². The van der Waals surface area contributed by atoms with Crippen LogP contribution in [0.3, 0.4) is 0 Å². The zero-order valence-electron chi connectivity index (χ0n) is 23.4. The lowest BCUT2D eigenvalue weighted by Crippen LogP contribution is -2.57. The molecular formula is C30H39N3O7. The van der Waals surface area contributed by atoms with Crippen LogP contribution >= 0.6 is 0 Å². The summed E-state index contributed by atoms with van der Waals surface area (Å²) in [5, 5.41) is 5.74. The number of fused-ring (bicyclic) bond motifs is 1. The van der Waals surface area contributed by atoms with Crippen LogP contribution in [0.2, 0.25) is 0 Å². The predicted molar refractivity (Wildman–Crippen MR) is 146 cm³/mol. The average Bonchev–Trinajstić information content (AvgIpc) is 3.37. The fraction of sp³-hybridized carbons (Fsp3) is 0.500. The maximum absolute atomic E-state index is 13.5. The van der Waals surface area contributed by atoms with Gasteiger partial charge in [-0.2, -0.15) is 0 Å². The number of amides is 3. The summed E-state index contributed by atoms with van der Waals surface area (Å²) in [6, 6.07) is 17.2. The summed E-state index contributed by atoms with van der Waals surface area (Å²) in [7, 11) is 0. The monoisotopic (exact) mass is 553 g/mol. The Morgan fingerprint density at radius 1 is 0.950 bits per heavy atom. The van der Waals surface area contributed by atoms with Gasteiger partial charge in [-0.15, -0.1) is 0 Å². The van der Waals surface area contributed by atoms with Crippen molar-refractivity contribution < 1.29 is 33.3 Å². The minimum absolute atomic E-state index is 0.136. The van der Waals surface area contributed by atoms with Crippen LogP contribution in [-0.4, -0.2) is 60.2 Å². The normalized spacial score (nSPS) is 24.7. The Morgan fingerprint density at radius 2 is 1.57 bits per heavy atom. The molecule has 2 aliphatic rings. The molecule has 2 aromatic rings. The van der Waals surface area contributed by atoms with E-state index in [9.17, 15) is 14.4 Å². The third-order valence-electron chi connectivity index (χ3n) is 6.93. The highest BCUT2D eigenvalue weighted by atomic mass is 16.8. The zero-order chi connectivity index (χ0) is 28.9. The van der Waals surface area contributed by atoms with E-state index in [1.807, 2.05) is 74.5 Å². The highest BCUT2D eigenvalue weighted by Gasteiger charge is 2.57. The van der Waals surface area contributed by atoms with Gasteiger partial charge in [0.25, 0.3) is 0 Å². The van der Waals surface area contributed by atoms with Crippen molar-refractivity contribution in [3.05, 3.63) is 71.8 Å². The minimum Gasteiger partial charge on any atom is -0.370 e. The van der Waals surface area contributed by atoms with Crippen molar-refractivity contribution in [3.63, 3.8) is 0 Å². The first-order valence-corrected chi connectivity index (χ1v) is 13.6. The molecule has 0 unspecified atom stereocenters. The standard InChI is InChI=1S/C30H39N3O7/c1-18(2)24(33-23(35)15-19-11-7-5-8-12-19)28(36)32-21(16-22(31)34)25-26(37-17-20-13-9-6-10-14-20)27-29(38-25)40-30(3,4)39-27/h5-14,18,21,24-27,29H,15-17H2,1-4H3,(H2,31,34)(H,32,36)(H,33,35)/t21-,24+,25-,26+,27-,29-/m1/s1. The van der Waals surface area contributed by atoms with E-state index >= 15 is 0 Å². The van der Waals surface area contributed by atoms with Crippen molar-refractivity contribution in [1.29, 1.82) is 0 Å². The Kier molecular flexibility index (Phi) is 9.57. The average molecular weight is 554 g/mol.